The molecule has 10 nitrogen and oxygen atoms in total. The van der Waals surface area contributed by atoms with Crippen molar-refractivity contribution in [2.45, 2.75) is 50.4 Å². The maximum Gasteiger partial charge on any atom is 0.347 e. The summed E-state index contributed by atoms with van der Waals surface area (Å²) in [5.74, 6) is 0.163. The van der Waals surface area contributed by atoms with Crippen molar-refractivity contribution >= 4 is 16.9 Å². The summed E-state index contributed by atoms with van der Waals surface area (Å²) in [6.07, 6.45) is 3.68. The van der Waals surface area contributed by atoms with E-state index in [2.05, 4.69) is 39.5 Å². The van der Waals surface area contributed by atoms with Crippen LogP contribution in [0.25, 0.3) is 10.9 Å². The van der Waals surface area contributed by atoms with Crippen LogP contribution in [0, 0.1) is 5.92 Å². The highest BCUT2D eigenvalue weighted by atomic mass is 16.5. The maximum atomic E-state index is 13.6. The molecular weight excluding hydrogens is 670 g/mol. The molecule has 4 aromatic carbocycles. The van der Waals surface area contributed by atoms with Crippen molar-refractivity contribution in [2.24, 2.45) is 5.92 Å². The van der Waals surface area contributed by atoms with Crippen LogP contribution in [0.1, 0.15) is 60.5 Å². The van der Waals surface area contributed by atoms with Crippen LogP contribution in [0.4, 0.5) is 0 Å². The Morgan fingerprint density at radius 2 is 1.57 bits per heavy atom. The number of unbranched alkanes of at least 4 members (excludes halogenated alkanes) is 2. The average Bonchev–Trinajstić information content (AvgIpc) is 3.19. The van der Waals surface area contributed by atoms with Crippen molar-refractivity contribution in [3.05, 3.63) is 142 Å². The van der Waals surface area contributed by atoms with E-state index in [0.29, 0.717) is 53.0 Å². The fourth-order valence-electron chi connectivity index (χ4n) is 6.94. The average molecular weight is 720 g/mol. The molecule has 0 spiro atoms. The lowest BCUT2D eigenvalue weighted by atomic mass is 9.86. The Labute approximate surface area is 310 Å². The molecule has 0 aliphatic carbocycles. The number of piperidine rings is 1. The smallest absolute Gasteiger partial charge is 0.347 e. The van der Waals surface area contributed by atoms with Gasteiger partial charge in [-0.05, 0) is 104 Å². The summed E-state index contributed by atoms with van der Waals surface area (Å²) < 4.78 is 11.8. The van der Waals surface area contributed by atoms with Gasteiger partial charge in [0.05, 0.1) is 24.8 Å². The number of benzene rings is 4. The molecule has 10 heteroatoms. The Morgan fingerprint density at radius 3 is 2.30 bits per heavy atom. The molecule has 1 aliphatic rings. The molecule has 1 aliphatic heterocycles. The molecule has 278 valence electrons. The third-order valence-electron chi connectivity index (χ3n) is 10.0. The van der Waals surface area contributed by atoms with E-state index in [4.69, 9.17) is 9.47 Å². The number of likely N-dealkylation sites (tertiary alicyclic amines) is 1. The molecule has 2 unspecified atom stereocenters. The van der Waals surface area contributed by atoms with Gasteiger partial charge in [-0.1, -0.05) is 78.9 Å². The van der Waals surface area contributed by atoms with E-state index in [1.54, 1.807) is 60.7 Å². The van der Waals surface area contributed by atoms with Crippen LogP contribution in [-0.2, 0) is 21.7 Å². The van der Waals surface area contributed by atoms with Gasteiger partial charge in [-0.3, -0.25) is 9.69 Å². The minimum atomic E-state index is -1.96. The van der Waals surface area contributed by atoms with E-state index in [-0.39, 0.29) is 23.8 Å². The highest BCUT2D eigenvalue weighted by Gasteiger charge is 2.42. The van der Waals surface area contributed by atoms with E-state index in [1.165, 1.54) is 17.7 Å². The zero-order valence-electron chi connectivity index (χ0n) is 30.0. The monoisotopic (exact) mass is 719 g/mol. The van der Waals surface area contributed by atoms with Crippen molar-refractivity contribution < 1.29 is 29.6 Å². The van der Waals surface area contributed by atoms with Crippen LogP contribution in [-0.4, -0.2) is 70.6 Å². The second-order valence-corrected chi connectivity index (χ2v) is 13.8. The number of fused-ring (bicyclic) bond motifs is 1. The van der Waals surface area contributed by atoms with Crippen LogP contribution in [0.2, 0.25) is 0 Å². The van der Waals surface area contributed by atoms with Crippen LogP contribution >= 0.6 is 0 Å². The minimum absolute atomic E-state index is 0.0366. The Hall–Kier alpha value is -5.00. The molecule has 0 saturated carbocycles. The van der Waals surface area contributed by atoms with Gasteiger partial charge in [0.15, 0.2) is 0 Å². The van der Waals surface area contributed by atoms with Gasteiger partial charge in [0.1, 0.15) is 11.5 Å². The number of aromatic amines is 1. The van der Waals surface area contributed by atoms with Gasteiger partial charge in [-0.25, -0.2) is 4.79 Å². The molecule has 53 heavy (non-hydrogen) atoms. The summed E-state index contributed by atoms with van der Waals surface area (Å²) in [4.78, 5) is 30.4. The Kier molecular flexibility index (Phi) is 12.9. The van der Waals surface area contributed by atoms with Gasteiger partial charge in [-0.15, -0.1) is 0 Å². The first kappa shape index (κ1) is 37.7. The number of pyridine rings is 1. The van der Waals surface area contributed by atoms with Gasteiger partial charge in [-0.2, -0.15) is 0 Å². The summed E-state index contributed by atoms with van der Waals surface area (Å²) in [5, 5.41) is 36.7. The number of hydrogen-bond donors (Lipinski definition) is 5. The van der Waals surface area contributed by atoms with Gasteiger partial charge >= 0.3 is 5.97 Å². The van der Waals surface area contributed by atoms with Gasteiger partial charge in [0.2, 0.25) is 11.2 Å². The van der Waals surface area contributed by atoms with Crippen LogP contribution in [0.5, 0.6) is 11.5 Å². The van der Waals surface area contributed by atoms with E-state index >= 15 is 0 Å². The maximum absolute atomic E-state index is 13.6. The number of carbonyl (C=O) groups is 1. The molecular formula is C43H49N3O7. The molecule has 1 saturated heterocycles. The first-order valence-corrected chi connectivity index (χ1v) is 18.5. The fourth-order valence-corrected chi connectivity index (χ4v) is 6.94. The summed E-state index contributed by atoms with van der Waals surface area (Å²) in [6.45, 7) is 4.61. The van der Waals surface area contributed by atoms with Gasteiger partial charge in [0.25, 0.3) is 0 Å². The SMILES string of the molecule is O=C(OCC1CCN(Cc2ccccc2)CC1)C(O)(c1ccccc1)c1ccc(OCCCCCNCC(O)c2ccc(O)c3[nH]c(=O)ccc23)cc1. The predicted octanol–water partition coefficient (Wildman–Crippen LogP) is 5.80. The van der Waals surface area contributed by atoms with Crippen molar-refractivity contribution in [2.75, 3.05) is 39.4 Å². The number of rotatable bonds is 17. The Bertz CT molecular complexity index is 1960. The summed E-state index contributed by atoms with van der Waals surface area (Å²) in [6, 6.07) is 32.5. The van der Waals surface area contributed by atoms with Crippen LogP contribution < -0.4 is 15.6 Å². The van der Waals surface area contributed by atoms with Gasteiger partial charge in [0, 0.05) is 24.5 Å². The van der Waals surface area contributed by atoms with E-state index < -0.39 is 17.7 Å². The number of nitrogens with one attached hydrogen (secondary N) is 2. The largest absolute Gasteiger partial charge is 0.506 e. The Balaban J connectivity index is 0.935. The topological polar surface area (TPSA) is 144 Å². The van der Waals surface area contributed by atoms with Crippen molar-refractivity contribution in [3.8, 4) is 11.5 Å². The lowest BCUT2D eigenvalue weighted by Crippen LogP contribution is -2.40. The third-order valence-corrected chi connectivity index (χ3v) is 10.0. The number of aliphatic hydroxyl groups excluding tert-OH is 1. The Morgan fingerprint density at radius 1 is 0.868 bits per heavy atom. The molecule has 1 fully saturated rings. The van der Waals surface area contributed by atoms with E-state index in [1.807, 2.05) is 12.1 Å². The summed E-state index contributed by atoms with van der Waals surface area (Å²) in [7, 11) is 0. The molecule has 0 amide bonds. The number of aliphatic hydroxyl groups is 2. The molecule has 1 aromatic heterocycles. The number of aromatic hydroxyl groups is 1. The number of ether oxygens (including phenoxy) is 2. The molecule has 2 heterocycles. The number of carbonyl (C=O) groups excluding carboxylic acids is 1. The predicted molar refractivity (Wildman–Crippen MR) is 205 cm³/mol. The number of nitrogens with zero attached hydrogens (tertiary/aromatic N) is 1. The molecule has 5 N–H and O–H groups in total. The third kappa shape index (κ3) is 9.71. The number of phenols is 1. The number of aromatic nitrogens is 1. The zero-order valence-corrected chi connectivity index (χ0v) is 30.0. The standard InChI is InChI=1S/C43H49N3O7/c47-38-20-18-36(37-19-21-40(49)45-41(37)38)39(48)28-44-24-8-3-9-27-52-35-16-14-34(15-17-35)43(51,33-12-6-2-7-13-33)42(50)53-30-32-22-25-46(26-23-32)29-31-10-4-1-5-11-31/h1-2,4-7,10-21,32,39,44,47-48,51H,3,8-9,22-30H2,(H,45,49). The number of H-pyrrole nitrogens is 1. The highest BCUT2D eigenvalue weighted by Crippen LogP contribution is 2.33. The first-order chi connectivity index (χ1) is 25.8. The van der Waals surface area contributed by atoms with E-state index in [9.17, 15) is 24.9 Å². The molecule has 5 aromatic rings. The van der Waals surface area contributed by atoms with Crippen molar-refractivity contribution in [1.82, 2.24) is 15.2 Å². The van der Waals surface area contributed by atoms with Gasteiger partial charge < -0.3 is 35.1 Å². The number of esters is 1. The lowest BCUT2D eigenvalue weighted by Gasteiger charge is -2.33. The minimum Gasteiger partial charge on any atom is -0.506 e. The normalized spacial score (nSPS) is 15.5. The molecule has 0 bridgehead atoms. The zero-order chi connectivity index (χ0) is 37.0. The quantitative estimate of drug-likeness (QED) is 0.0596. The number of phenolic OH excluding ortho intramolecular Hbond substituents is 1. The lowest BCUT2D eigenvalue weighted by molar-refractivity contribution is -0.164. The summed E-state index contributed by atoms with van der Waals surface area (Å²) >= 11 is 0. The van der Waals surface area contributed by atoms with Crippen molar-refractivity contribution in [3.63, 3.8) is 0 Å². The fraction of sp³-hybridized carbons (Fsp3) is 0.349. The molecule has 6 rings (SSSR count). The van der Waals surface area contributed by atoms with Crippen molar-refractivity contribution in [1.29, 1.82) is 0 Å². The highest BCUT2D eigenvalue weighted by molar-refractivity contribution is 5.87. The molecule has 0 radical (unpaired) electrons. The second kappa shape index (κ2) is 18.2. The first-order valence-electron chi connectivity index (χ1n) is 18.5. The van der Waals surface area contributed by atoms with E-state index in [0.717, 1.165) is 51.7 Å². The molecule has 2 atom stereocenters. The second-order valence-electron chi connectivity index (χ2n) is 13.8. The number of hydrogen-bond acceptors (Lipinski definition) is 9. The van der Waals surface area contributed by atoms with Crippen LogP contribution in [0.15, 0.2) is 114 Å². The summed E-state index contributed by atoms with van der Waals surface area (Å²) in [5.41, 5.74) is 0.835. The van der Waals surface area contributed by atoms with Crippen LogP contribution in [0.3, 0.4) is 0 Å².